The maximum absolute atomic E-state index is 12.9. The van der Waals surface area contributed by atoms with Gasteiger partial charge in [0.25, 0.3) is 0 Å². The Kier molecular flexibility index (Phi) is 7.21. The van der Waals surface area contributed by atoms with Crippen LogP contribution in [0.15, 0.2) is 108 Å². The molecule has 6 rings (SSSR count). The maximum Gasteiger partial charge on any atom is 0.172 e. The summed E-state index contributed by atoms with van der Waals surface area (Å²) in [7, 11) is 0. The minimum Gasteiger partial charge on any atom is -0.494 e. The van der Waals surface area contributed by atoms with Gasteiger partial charge in [-0.05, 0) is 67.0 Å². The summed E-state index contributed by atoms with van der Waals surface area (Å²) in [6.45, 7) is 4.21. The van der Waals surface area contributed by atoms with E-state index < -0.39 is 5.72 Å². The molecule has 2 aliphatic rings. The highest BCUT2D eigenvalue weighted by Gasteiger charge is 2.51. The van der Waals surface area contributed by atoms with E-state index in [0.29, 0.717) is 13.0 Å². The highest BCUT2D eigenvalue weighted by Crippen LogP contribution is 2.48. The quantitative estimate of drug-likeness (QED) is 0.290. The topological polar surface area (TPSA) is 45.1 Å². The van der Waals surface area contributed by atoms with Gasteiger partial charge in [0.2, 0.25) is 0 Å². The van der Waals surface area contributed by atoms with Crippen LogP contribution in [-0.2, 0) is 25.0 Å². The number of aliphatic imine (C=N–C) groups is 1. The number of fused-ring (bicyclic) bond motifs is 3. The fourth-order valence-electron chi connectivity index (χ4n) is 6.16. The van der Waals surface area contributed by atoms with Crippen molar-refractivity contribution in [1.29, 1.82) is 0 Å². The van der Waals surface area contributed by atoms with Crippen molar-refractivity contribution in [3.05, 3.63) is 137 Å². The zero-order valence-electron chi connectivity index (χ0n) is 22.6. The van der Waals surface area contributed by atoms with E-state index in [4.69, 9.17) is 9.73 Å². The number of benzene rings is 4. The molecule has 4 nitrogen and oxygen atoms in total. The molecule has 4 aromatic carbocycles. The van der Waals surface area contributed by atoms with Gasteiger partial charge in [0.1, 0.15) is 11.6 Å². The first-order valence-electron chi connectivity index (χ1n) is 14.2. The lowest BCUT2D eigenvalue weighted by Crippen LogP contribution is -2.58. The third-order valence-electron chi connectivity index (χ3n) is 8.13. The Balaban J connectivity index is 1.37. The standard InChI is InChI=1S/C35H36N2O2/c1-2-39-30-21-17-28(18-22-30)25-33-31-11-6-7-12-32(31)34-36-23-8-24-37(34)35(33,38)29-19-15-27(16-20-29)14-13-26-9-4-3-5-10-26/h3-7,9-12,15-22,33,38H,2,8,13-14,23-25H2,1H3. The fraction of sp³-hybridized carbons (Fsp3) is 0.286. The monoisotopic (exact) mass is 516 g/mol. The second-order valence-corrected chi connectivity index (χ2v) is 10.5. The molecule has 2 atom stereocenters. The zero-order chi connectivity index (χ0) is 26.7. The van der Waals surface area contributed by atoms with Gasteiger partial charge in [-0.25, -0.2) is 0 Å². The molecule has 0 spiro atoms. The first kappa shape index (κ1) is 25.4. The SMILES string of the molecule is CCOc1ccc(CC2c3ccccc3C3=NCCCN3C2(O)c2ccc(CCc3ccccc3)cc2)cc1. The van der Waals surface area contributed by atoms with Gasteiger partial charge in [-0.15, -0.1) is 0 Å². The average Bonchev–Trinajstić information content (AvgIpc) is 3.00. The second-order valence-electron chi connectivity index (χ2n) is 10.5. The summed E-state index contributed by atoms with van der Waals surface area (Å²) in [4.78, 5) is 7.10. The summed E-state index contributed by atoms with van der Waals surface area (Å²) in [6.07, 6.45) is 3.61. The summed E-state index contributed by atoms with van der Waals surface area (Å²) in [5.74, 6) is 1.63. The van der Waals surface area contributed by atoms with E-state index in [0.717, 1.165) is 60.6 Å². The Morgan fingerprint density at radius 3 is 2.23 bits per heavy atom. The Labute approximate surface area is 231 Å². The van der Waals surface area contributed by atoms with Crippen molar-refractivity contribution in [2.45, 2.75) is 44.2 Å². The number of aryl methyl sites for hydroxylation is 2. The summed E-state index contributed by atoms with van der Waals surface area (Å²) in [5, 5.41) is 12.9. The molecular formula is C35H36N2O2. The molecule has 1 N–H and O–H groups in total. The van der Waals surface area contributed by atoms with E-state index in [1.54, 1.807) is 0 Å². The molecule has 4 heteroatoms. The molecule has 2 unspecified atom stereocenters. The number of rotatable bonds is 8. The molecule has 0 fully saturated rings. The van der Waals surface area contributed by atoms with Gasteiger partial charge in [0.05, 0.1) is 6.61 Å². The molecule has 2 aliphatic heterocycles. The van der Waals surface area contributed by atoms with Crippen molar-refractivity contribution in [1.82, 2.24) is 4.90 Å². The van der Waals surface area contributed by atoms with Crippen molar-refractivity contribution in [3.8, 4) is 5.75 Å². The smallest absolute Gasteiger partial charge is 0.172 e. The van der Waals surface area contributed by atoms with E-state index in [2.05, 4.69) is 95.9 Å². The predicted molar refractivity (Wildman–Crippen MR) is 157 cm³/mol. The van der Waals surface area contributed by atoms with Crippen LogP contribution in [0, 0.1) is 0 Å². The lowest BCUT2D eigenvalue weighted by molar-refractivity contribution is -0.106. The summed E-state index contributed by atoms with van der Waals surface area (Å²) in [6, 6.07) is 36.0. The third-order valence-corrected chi connectivity index (χ3v) is 8.13. The third kappa shape index (κ3) is 4.97. The van der Waals surface area contributed by atoms with E-state index in [-0.39, 0.29) is 5.92 Å². The van der Waals surface area contributed by atoms with E-state index in [1.165, 1.54) is 16.7 Å². The zero-order valence-corrected chi connectivity index (χ0v) is 22.6. The second kappa shape index (κ2) is 11.1. The Morgan fingerprint density at radius 2 is 1.49 bits per heavy atom. The highest BCUT2D eigenvalue weighted by atomic mass is 16.5. The van der Waals surface area contributed by atoms with Gasteiger partial charge in [0.15, 0.2) is 5.72 Å². The molecule has 0 saturated heterocycles. The molecule has 39 heavy (non-hydrogen) atoms. The van der Waals surface area contributed by atoms with Crippen LogP contribution in [0.5, 0.6) is 5.75 Å². The molecule has 0 saturated carbocycles. The predicted octanol–water partition coefficient (Wildman–Crippen LogP) is 6.51. The molecule has 0 aromatic heterocycles. The van der Waals surface area contributed by atoms with Gasteiger partial charge >= 0.3 is 0 Å². The van der Waals surface area contributed by atoms with Gasteiger partial charge < -0.3 is 14.7 Å². The molecular weight excluding hydrogens is 480 g/mol. The molecule has 4 aromatic rings. The van der Waals surface area contributed by atoms with Crippen molar-refractivity contribution in [3.63, 3.8) is 0 Å². The van der Waals surface area contributed by atoms with Gasteiger partial charge in [-0.2, -0.15) is 0 Å². The van der Waals surface area contributed by atoms with Gasteiger partial charge in [0, 0.05) is 30.1 Å². The van der Waals surface area contributed by atoms with Crippen LogP contribution in [0.3, 0.4) is 0 Å². The summed E-state index contributed by atoms with van der Waals surface area (Å²) >= 11 is 0. The number of ether oxygens (including phenoxy) is 1. The highest BCUT2D eigenvalue weighted by molar-refractivity contribution is 6.02. The lowest BCUT2D eigenvalue weighted by Gasteiger charge is -2.52. The first-order chi connectivity index (χ1) is 19.2. The number of aliphatic hydroxyl groups is 1. The summed E-state index contributed by atoms with van der Waals surface area (Å²) in [5.41, 5.74) is 5.80. The fourth-order valence-corrected chi connectivity index (χ4v) is 6.16. The van der Waals surface area contributed by atoms with Crippen LogP contribution < -0.4 is 4.74 Å². The average molecular weight is 517 g/mol. The van der Waals surface area contributed by atoms with Crippen LogP contribution in [0.4, 0.5) is 0 Å². The summed E-state index contributed by atoms with van der Waals surface area (Å²) < 4.78 is 5.67. The first-order valence-corrected chi connectivity index (χ1v) is 14.2. The Bertz CT molecular complexity index is 1430. The van der Waals surface area contributed by atoms with E-state index >= 15 is 0 Å². The largest absolute Gasteiger partial charge is 0.494 e. The number of amidine groups is 1. The number of hydrogen-bond donors (Lipinski definition) is 1. The Hall–Kier alpha value is -3.89. The number of nitrogens with zero attached hydrogens (tertiary/aromatic N) is 2. The van der Waals surface area contributed by atoms with E-state index in [9.17, 15) is 5.11 Å². The normalized spacial score (nSPS) is 20.1. The van der Waals surface area contributed by atoms with Crippen LogP contribution >= 0.6 is 0 Å². The molecule has 0 aliphatic carbocycles. The molecule has 2 heterocycles. The maximum atomic E-state index is 12.9. The molecule has 0 amide bonds. The van der Waals surface area contributed by atoms with Crippen LogP contribution in [-0.4, -0.2) is 35.5 Å². The van der Waals surface area contributed by atoms with Crippen LogP contribution in [0.2, 0.25) is 0 Å². The molecule has 198 valence electrons. The van der Waals surface area contributed by atoms with Gasteiger partial charge in [-0.1, -0.05) is 91.0 Å². The van der Waals surface area contributed by atoms with Crippen LogP contribution in [0.1, 0.15) is 52.6 Å². The van der Waals surface area contributed by atoms with Crippen molar-refractivity contribution in [2.75, 3.05) is 19.7 Å². The van der Waals surface area contributed by atoms with E-state index in [1.807, 2.05) is 19.1 Å². The minimum atomic E-state index is -1.20. The Morgan fingerprint density at radius 1 is 0.821 bits per heavy atom. The van der Waals surface area contributed by atoms with Crippen molar-refractivity contribution >= 4 is 5.84 Å². The number of hydrogen-bond acceptors (Lipinski definition) is 4. The minimum absolute atomic E-state index is 0.154. The lowest BCUT2D eigenvalue weighted by atomic mass is 9.73. The van der Waals surface area contributed by atoms with Crippen molar-refractivity contribution in [2.24, 2.45) is 4.99 Å². The van der Waals surface area contributed by atoms with Crippen LogP contribution in [0.25, 0.3) is 0 Å². The van der Waals surface area contributed by atoms with Crippen molar-refractivity contribution < 1.29 is 9.84 Å². The van der Waals surface area contributed by atoms with Gasteiger partial charge in [-0.3, -0.25) is 4.99 Å². The molecule has 0 radical (unpaired) electrons. The molecule has 0 bridgehead atoms.